The first-order valence-electron chi connectivity index (χ1n) is 6.85. The summed E-state index contributed by atoms with van der Waals surface area (Å²) in [7, 11) is 0. The number of benzene rings is 2. The van der Waals surface area contributed by atoms with E-state index in [1.165, 1.54) is 5.56 Å². The molecule has 0 bridgehead atoms. The predicted octanol–water partition coefficient (Wildman–Crippen LogP) is 3.03. The van der Waals surface area contributed by atoms with Crippen LogP contribution in [0.1, 0.15) is 33.8 Å². The molecule has 3 nitrogen and oxygen atoms in total. The van der Waals surface area contributed by atoms with E-state index in [1.807, 2.05) is 18.2 Å². The molecule has 1 fully saturated rings. The van der Waals surface area contributed by atoms with Gasteiger partial charge in [0.25, 0.3) is 0 Å². The maximum Gasteiger partial charge on any atom is 0.336 e. The minimum absolute atomic E-state index is 0.386. The van der Waals surface area contributed by atoms with Crippen molar-refractivity contribution >= 4 is 5.97 Å². The molecule has 0 saturated heterocycles. The summed E-state index contributed by atoms with van der Waals surface area (Å²) >= 11 is 0. The maximum atomic E-state index is 11.1. The third-order valence-electron chi connectivity index (χ3n) is 3.82. The lowest BCUT2D eigenvalue weighted by atomic mass is 10.1. The van der Waals surface area contributed by atoms with Crippen molar-refractivity contribution in [3.63, 3.8) is 0 Å². The van der Waals surface area contributed by atoms with Gasteiger partial charge in [-0.2, -0.15) is 0 Å². The zero-order valence-electron chi connectivity index (χ0n) is 11.1. The van der Waals surface area contributed by atoms with E-state index < -0.39 is 5.97 Å². The minimum Gasteiger partial charge on any atom is -0.478 e. The smallest absolute Gasteiger partial charge is 0.336 e. The third-order valence-corrected chi connectivity index (χ3v) is 3.82. The Morgan fingerprint density at radius 2 is 1.80 bits per heavy atom. The standard InChI is InChI=1S/C17H17NO2/c19-17(20)14-9-5-4-8-13(14)11-18-16-10-15(16)12-6-2-1-3-7-12/h1-9,15-16,18H,10-11H2,(H,19,20). The first-order valence-corrected chi connectivity index (χ1v) is 6.85. The SMILES string of the molecule is O=C(O)c1ccccc1CNC1CC1c1ccccc1. The highest BCUT2D eigenvalue weighted by Gasteiger charge is 2.37. The van der Waals surface area contributed by atoms with Gasteiger partial charge in [-0.1, -0.05) is 48.5 Å². The van der Waals surface area contributed by atoms with Crippen LogP contribution >= 0.6 is 0 Å². The topological polar surface area (TPSA) is 49.3 Å². The van der Waals surface area contributed by atoms with Gasteiger partial charge < -0.3 is 10.4 Å². The zero-order chi connectivity index (χ0) is 13.9. The Morgan fingerprint density at radius 3 is 2.55 bits per heavy atom. The molecule has 0 spiro atoms. The summed E-state index contributed by atoms with van der Waals surface area (Å²) in [6.45, 7) is 0.608. The molecule has 2 aromatic rings. The van der Waals surface area contributed by atoms with Crippen LogP contribution in [0.2, 0.25) is 0 Å². The van der Waals surface area contributed by atoms with Crippen LogP contribution in [0.5, 0.6) is 0 Å². The van der Waals surface area contributed by atoms with Gasteiger partial charge in [-0.25, -0.2) is 4.79 Å². The van der Waals surface area contributed by atoms with Crippen LogP contribution in [0.4, 0.5) is 0 Å². The number of carboxylic acid groups (broad SMARTS) is 1. The molecule has 0 aromatic heterocycles. The number of hydrogen-bond donors (Lipinski definition) is 2. The highest BCUT2D eigenvalue weighted by molar-refractivity contribution is 5.89. The molecule has 2 aromatic carbocycles. The summed E-state index contributed by atoms with van der Waals surface area (Å²) in [5.74, 6) is -0.300. The molecular weight excluding hydrogens is 250 g/mol. The van der Waals surface area contributed by atoms with Crippen molar-refractivity contribution in [3.8, 4) is 0 Å². The molecule has 102 valence electrons. The van der Waals surface area contributed by atoms with Gasteiger partial charge in [0.05, 0.1) is 5.56 Å². The Kier molecular flexibility index (Phi) is 3.52. The zero-order valence-corrected chi connectivity index (χ0v) is 11.1. The van der Waals surface area contributed by atoms with Gasteiger partial charge in [0.15, 0.2) is 0 Å². The van der Waals surface area contributed by atoms with Crippen molar-refractivity contribution in [2.45, 2.75) is 24.9 Å². The number of rotatable bonds is 5. The van der Waals surface area contributed by atoms with Crippen LogP contribution < -0.4 is 5.32 Å². The largest absolute Gasteiger partial charge is 0.478 e. The van der Waals surface area contributed by atoms with Crippen LogP contribution in [0.15, 0.2) is 54.6 Å². The third kappa shape index (κ3) is 2.73. The minimum atomic E-state index is -0.863. The van der Waals surface area contributed by atoms with E-state index in [9.17, 15) is 4.79 Å². The first kappa shape index (κ1) is 12.9. The van der Waals surface area contributed by atoms with E-state index in [1.54, 1.807) is 12.1 Å². The lowest BCUT2D eigenvalue weighted by Gasteiger charge is -2.07. The molecule has 1 aliphatic rings. The Labute approximate surface area is 118 Å². The number of aromatic carboxylic acids is 1. The van der Waals surface area contributed by atoms with Crippen LogP contribution in [0.25, 0.3) is 0 Å². The Morgan fingerprint density at radius 1 is 1.10 bits per heavy atom. The molecule has 3 heteroatoms. The number of nitrogens with one attached hydrogen (secondary N) is 1. The molecule has 0 radical (unpaired) electrons. The normalized spacial score (nSPS) is 20.6. The van der Waals surface area contributed by atoms with Gasteiger partial charge in [0, 0.05) is 18.5 Å². The van der Waals surface area contributed by atoms with Gasteiger partial charge in [-0.15, -0.1) is 0 Å². The fraction of sp³-hybridized carbons (Fsp3) is 0.235. The van der Waals surface area contributed by atoms with Crippen LogP contribution in [0.3, 0.4) is 0 Å². The maximum absolute atomic E-state index is 11.1. The van der Waals surface area contributed by atoms with E-state index in [0.29, 0.717) is 24.1 Å². The Bertz CT molecular complexity index is 609. The second-order valence-corrected chi connectivity index (χ2v) is 5.20. The van der Waals surface area contributed by atoms with Crippen molar-refractivity contribution in [1.29, 1.82) is 0 Å². The quantitative estimate of drug-likeness (QED) is 0.875. The average Bonchev–Trinajstić information content (AvgIpc) is 3.26. The lowest BCUT2D eigenvalue weighted by Crippen LogP contribution is -2.19. The molecule has 3 rings (SSSR count). The Balaban J connectivity index is 1.61. The van der Waals surface area contributed by atoms with E-state index in [-0.39, 0.29) is 0 Å². The fourth-order valence-corrected chi connectivity index (χ4v) is 2.61. The second-order valence-electron chi connectivity index (χ2n) is 5.20. The molecule has 0 heterocycles. The van der Waals surface area contributed by atoms with E-state index in [4.69, 9.17) is 5.11 Å². The molecule has 0 aliphatic heterocycles. The van der Waals surface area contributed by atoms with E-state index in [0.717, 1.165) is 12.0 Å². The van der Waals surface area contributed by atoms with Crippen molar-refractivity contribution in [2.75, 3.05) is 0 Å². The van der Waals surface area contributed by atoms with Gasteiger partial charge in [0.1, 0.15) is 0 Å². The summed E-state index contributed by atoms with van der Waals surface area (Å²) in [4.78, 5) is 11.1. The summed E-state index contributed by atoms with van der Waals surface area (Å²) < 4.78 is 0. The summed E-state index contributed by atoms with van der Waals surface area (Å²) in [5, 5.41) is 12.6. The Hall–Kier alpha value is -2.13. The van der Waals surface area contributed by atoms with Crippen LogP contribution in [-0.2, 0) is 6.54 Å². The highest BCUT2D eigenvalue weighted by atomic mass is 16.4. The number of carbonyl (C=O) groups is 1. The molecule has 2 atom stereocenters. The fourth-order valence-electron chi connectivity index (χ4n) is 2.61. The van der Waals surface area contributed by atoms with Gasteiger partial charge >= 0.3 is 5.97 Å². The van der Waals surface area contributed by atoms with Crippen molar-refractivity contribution in [1.82, 2.24) is 5.32 Å². The van der Waals surface area contributed by atoms with Crippen LogP contribution in [-0.4, -0.2) is 17.1 Å². The molecular formula is C17H17NO2. The van der Waals surface area contributed by atoms with Crippen LogP contribution in [0, 0.1) is 0 Å². The number of carboxylic acids is 1. The number of hydrogen-bond acceptors (Lipinski definition) is 2. The molecule has 0 amide bonds. The van der Waals surface area contributed by atoms with Crippen molar-refractivity contribution in [3.05, 3.63) is 71.3 Å². The predicted molar refractivity (Wildman–Crippen MR) is 77.8 cm³/mol. The molecule has 1 aliphatic carbocycles. The average molecular weight is 267 g/mol. The van der Waals surface area contributed by atoms with Gasteiger partial charge in [-0.3, -0.25) is 0 Å². The first-order chi connectivity index (χ1) is 9.75. The molecule has 1 saturated carbocycles. The van der Waals surface area contributed by atoms with Gasteiger partial charge in [0.2, 0.25) is 0 Å². The lowest BCUT2D eigenvalue weighted by molar-refractivity contribution is 0.0695. The van der Waals surface area contributed by atoms with Crippen molar-refractivity contribution in [2.24, 2.45) is 0 Å². The summed E-state index contributed by atoms with van der Waals surface area (Å²) in [5.41, 5.74) is 2.59. The highest BCUT2D eigenvalue weighted by Crippen LogP contribution is 2.40. The summed E-state index contributed by atoms with van der Waals surface area (Å²) in [6, 6.07) is 18.1. The van der Waals surface area contributed by atoms with Crippen molar-refractivity contribution < 1.29 is 9.90 Å². The molecule has 2 unspecified atom stereocenters. The van der Waals surface area contributed by atoms with Gasteiger partial charge in [-0.05, 0) is 23.6 Å². The van der Waals surface area contributed by atoms with E-state index >= 15 is 0 Å². The summed E-state index contributed by atoms with van der Waals surface area (Å²) in [6.07, 6.45) is 1.12. The second kappa shape index (κ2) is 5.47. The molecule has 20 heavy (non-hydrogen) atoms. The molecule has 2 N–H and O–H groups in total. The monoisotopic (exact) mass is 267 g/mol. The van der Waals surface area contributed by atoms with E-state index in [2.05, 4.69) is 29.6 Å².